The Morgan fingerprint density at radius 2 is 1.56 bits per heavy atom. The van der Waals surface area contributed by atoms with Gasteiger partial charge in [-0.25, -0.2) is 0 Å². The number of rotatable bonds is 9. The molecule has 0 amide bonds. The summed E-state index contributed by atoms with van der Waals surface area (Å²) in [7, 11) is -3.89. The fraction of sp³-hybridized carbons (Fsp3) is 0.688. The van der Waals surface area contributed by atoms with E-state index < -0.39 is 43.8 Å². The third-order valence-corrected chi connectivity index (χ3v) is 5.47. The fourth-order valence-corrected chi connectivity index (χ4v) is 4.13. The van der Waals surface area contributed by atoms with Gasteiger partial charge in [0.05, 0.1) is 19.5 Å². The molecule has 154 valence electrons. The van der Waals surface area contributed by atoms with Crippen molar-refractivity contribution in [3.8, 4) is 0 Å². The molecule has 0 spiro atoms. The first-order valence-corrected chi connectivity index (χ1v) is 9.91. The van der Waals surface area contributed by atoms with Gasteiger partial charge >= 0.3 is 25.5 Å². The first-order chi connectivity index (χ1) is 12.6. The lowest BCUT2D eigenvalue weighted by atomic mass is 10.1. The molecule has 27 heavy (non-hydrogen) atoms. The van der Waals surface area contributed by atoms with E-state index in [0.717, 1.165) is 20.1 Å². The van der Waals surface area contributed by atoms with E-state index in [9.17, 15) is 18.9 Å². The topological polar surface area (TPSA) is 124 Å². The number of hydrogen-bond acceptors (Lipinski definition) is 10. The molecular formula is C16H25O10P. The van der Waals surface area contributed by atoms with Crippen molar-refractivity contribution in [2.24, 2.45) is 0 Å². The minimum Gasteiger partial charge on any atom is -0.490 e. The summed E-state index contributed by atoms with van der Waals surface area (Å²) in [6, 6.07) is 0. The minimum absolute atomic E-state index is 0.0521. The van der Waals surface area contributed by atoms with E-state index in [2.05, 4.69) is 0 Å². The van der Waals surface area contributed by atoms with Gasteiger partial charge in [-0.2, -0.15) is 0 Å². The second-order valence-electron chi connectivity index (χ2n) is 5.46. The zero-order valence-electron chi connectivity index (χ0n) is 16.0. The summed E-state index contributed by atoms with van der Waals surface area (Å²) in [5, 5.41) is -0.105. The molecule has 1 unspecified atom stereocenters. The highest BCUT2D eigenvalue weighted by Crippen LogP contribution is 2.59. The van der Waals surface area contributed by atoms with E-state index in [4.69, 9.17) is 28.0 Å². The number of hydrogen-bond donors (Lipinski definition) is 0. The normalized spacial score (nSPS) is 22.3. The molecule has 1 heterocycles. The lowest BCUT2D eigenvalue weighted by Gasteiger charge is -2.37. The molecular weight excluding hydrogens is 383 g/mol. The lowest BCUT2D eigenvalue weighted by Crippen LogP contribution is -2.49. The molecule has 1 aliphatic heterocycles. The molecule has 0 aliphatic carbocycles. The van der Waals surface area contributed by atoms with Crippen molar-refractivity contribution in [3.63, 3.8) is 0 Å². The van der Waals surface area contributed by atoms with Crippen LogP contribution < -0.4 is 0 Å². The van der Waals surface area contributed by atoms with Crippen LogP contribution in [0.1, 0.15) is 34.6 Å². The first kappa shape index (κ1) is 23.1. The van der Waals surface area contributed by atoms with Crippen LogP contribution in [-0.4, -0.2) is 56.0 Å². The third kappa shape index (κ3) is 6.64. The average Bonchev–Trinajstić information content (AvgIpc) is 2.54. The highest BCUT2D eigenvalue weighted by Gasteiger charge is 2.49. The second kappa shape index (κ2) is 10.4. The van der Waals surface area contributed by atoms with Crippen LogP contribution in [-0.2, 0) is 46.9 Å². The highest BCUT2D eigenvalue weighted by atomic mass is 31.2. The van der Waals surface area contributed by atoms with Crippen LogP contribution >= 0.6 is 7.60 Å². The first-order valence-electron chi connectivity index (χ1n) is 8.37. The number of esters is 3. The maximum absolute atomic E-state index is 13.2. The molecule has 0 aromatic rings. The SMILES string of the molecule is CCOP(=O)(OCC)C1=COC(COC(C)=O)[C@@H](OC(C)=O)[C@@H]1OC(C)=O. The Bertz CT molecular complexity index is 619. The quantitative estimate of drug-likeness (QED) is 0.317. The maximum Gasteiger partial charge on any atom is 0.364 e. The van der Waals surface area contributed by atoms with Crippen molar-refractivity contribution in [2.75, 3.05) is 19.8 Å². The summed E-state index contributed by atoms with van der Waals surface area (Å²) in [5.41, 5.74) is 0. The van der Waals surface area contributed by atoms with Crippen molar-refractivity contribution in [1.29, 1.82) is 0 Å². The van der Waals surface area contributed by atoms with Gasteiger partial charge in [0, 0.05) is 20.8 Å². The summed E-state index contributed by atoms with van der Waals surface area (Å²) in [6.45, 7) is 6.55. The Hall–Kier alpha value is -1.90. The van der Waals surface area contributed by atoms with Crippen molar-refractivity contribution < 1.29 is 46.9 Å². The summed E-state index contributed by atoms with van der Waals surface area (Å²) in [6.07, 6.45) is -2.43. The predicted octanol–water partition coefficient (Wildman–Crippen LogP) is 1.92. The van der Waals surface area contributed by atoms with Crippen molar-refractivity contribution >= 4 is 25.5 Å². The van der Waals surface area contributed by atoms with Crippen molar-refractivity contribution in [3.05, 3.63) is 11.6 Å². The number of ether oxygens (including phenoxy) is 4. The highest BCUT2D eigenvalue weighted by molar-refractivity contribution is 7.58. The molecule has 0 aromatic heterocycles. The summed E-state index contributed by atoms with van der Waals surface area (Å²) in [4.78, 5) is 34.3. The van der Waals surface area contributed by atoms with E-state index >= 15 is 0 Å². The van der Waals surface area contributed by atoms with Crippen molar-refractivity contribution in [2.45, 2.75) is 52.9 Å². The van der Waals surface area contributed by atoms with Crippen molar-refractivity contribution in [1.82, 2.24) is 0 Å². The second-order valence-corrected chi connectivity index (χ2v) is 7.48. The lowest BCUT2D eigenvalue weighted by molar-refractivity contribution is -0.179. The molecule has 1 rings (SSSR count). The molecule has 3 atom stereocenters. The molecule has 0 aromatic carbocycles. The molecule has 1 aliphatic rings. The van der Waals surface area contributed by atoms with E-state index in [1.807, 2.05) is 0 Å². The number of carbonyl (C=O) groups is 3. The van der Waals surface area contributed by atoms with Crippen LogP contribution in [0.15, 0.2) is 11.6 Å². The van der Waals surface area contributed by atoms with Gasteiger partial charge in [0.25, 0.3) is 0 Å². The van der Waals surface area contributed by atoms with Crippen LogP contribution in [0, 0.1) is 0 Å². The Morgan fingerprint density at radius 1 is 1.00 bits per heavy atom. The van der Waals surface area contributed by atoms with Crippen LogP contribution in [0.25, 0.3) is 0 Å². The Labute approximate surface area is 157 Å². The molecule has 0 radical (unpaired) electrons. The molecule has 11 heteroatoms. The van der Waals surface area contributed by atoms with Crippen LogP contribution in [0.5, 0.6) is 0 Å². The Balaban J connectivity index is 3.34. The standard InChI is InChI=1S/C16H25O10P/c1-6-23-27(20,24-7-2)14-9-22-13(8-21-10(3)17)15(25-11(4)18)16(14)26-12(5)19/h9,13,15-16H,6-8H2,1-5H3/t13?,15-,16-/m1/s1. The minimum atomic E-state index is -3.89. The van der Waals surface area contributed by atoms with Gasteiger partial charge in [0.1, 0.15) is 11.9 Å². The van der Waals surface area contributed by atoms with E-state index in [1.165, 1.54) is 6.92 Å². The van der Waals surface area contributed by atoms with Gasteiger partial charge in [-0.15, -0.1) is 0 Å². The average molecular weight is 408 g/mol. The number of carbonyl (C=O) groups excluding carboxylic acids is 3. The third-order valence-electron chi connectivity index (χ3n) is 3.28. The van der Waals surface area contributed by atoms with Crippen LogP contribution in [0.2, 0.25) is 0 Å². The molecule has 0 N–H and O–H groups in total. The summed E-state index contributed by atoms with van der Waals surface area (Å²) < 4.78 is 44.6. The van der Waals surface area contributed by atoms with Crippen LogP contribution in [0.3, 0.4) is 0 Å². The van der Waals surface area contributed by atoms with E-state index in [1.54, 1.807) is 13.8 Å². The zero-order valence-corrected chi connectivity index (χ0v) is 16.9. The molecule has 0 fully saturated rings. The smallest absolute Gasteiger partial charge is 0.364 e. The molecule has 0 saturated heterocycles. The monoisotopic (exact) mass is 408 g/mol. The summed E-state index contributed by atoms with van der Waals surface area (Å²) >= 11 is 0. The van der Waals surface area contributed by atoms with Gasteiger partial charge in [0.15, 0.2) is 18.3 Å². The predicted molar refractivity (Wildman–Crippen MR) is 91.6 cm³/mol. The van der Waals surface area contributed by atoms with E-state index in [0.29, 0.717) is 0 Å². The van der Waals surface area contributed by atoms with Gasteiger partial charge in [-0.1, -0.05) is 0 Å². The maximum atomic E-state index is 13.2. The Kier molecular flexibility index (Phi) is 8.95. The largest absolute Gasteiger partial charge is 0.490 e. The zero-order chi connectivity index (χ0) is 20.6. The van der Waals surface area contributed by atoms with E-state index in [-0.39, 0.29) is 25.1 Å². The summed E-state index contributed by atoms with van der Waals surface area (Å²) in [5.74, 6) is -1.98. The molecule has 0 bridgehead atoms. The van der Waals surface area contributed by atoms with Gasteiger partial charge in [0.2, 0.25) is 0 Å². The van der Waals surface area contributed by atoms with Crippen LogP contribution in [0.4, 0.5) is 0 Å². The van der Waals surface area contributed by atoms with Gasteiger partial charge < -0.3 is 28.0 Å². The van der Waals surface area contributed by atoms with Gasteiger partial charge in [-0.3, -0.25) is 18.9 Å². The Morgan fingerprint density at radius 3 is 2.00 bits per heavy atom. The fourth-order valence-electron chi connectivity index (χ4n) is 2.38. The molecule has 0 saturated carbocycles. The molecule has 10 nitrogen and oxygen atoms in total. The van der Waals surface area contributed by atoms with Gasteiger partial charge in [-0.05, 0) is 13.8 Å².